The molecule has 2 fully saturated rings. The number of aliphatic hydroxyl groups is 1. The van der Waals surface area contributed by atoms with E-state index in [1.807, 2.05) is 0 Å². The van der Waals surface area contributed by atoms with Gasteiger partial charge in [0, 0.05) is 0 Å². The summed E-state index contributed by atoms with van der Waals surface area (Å²) >= 11 is 0. The van der Waals surface area contributed by atoms with Gasteiger partial charge in [-0.15, -0.1) is 0 Å². The van der Waals surface area contributed by atoms with Gasteiger partial charge in [0.2, 0.25) is 0 Å². The summed E-state index contributed by atoms with van der Waals surface area (Å²) in [5.74, 6) is -1.03. The van der Waals surface area contributed by atoms with E-state index >= 15 is 0 Å². The minimum absolute atomic E-state index is 0.116. The molecule has 2 aliphatic heterocycles. The topological polar surface area (TPSA) is 74.2 Å². The summed E-state index contributed by atoms with van der Waals surface area (Å²) in [6.45, 7) is 5.55. The zero-order valence-electron chi connectivity index (χ0n) is 10.9. The predicted octanol–water partition coefficient (Wildman–Crippen LogP) is 0.219. The minimum atomic E-state index is -0.709. The molecule has 2 heterocycles. The van der Waals surface area contributed by atoms with E-state index in [1.54, 1.807) is 20.8 Å². The van der Waals surface area contributed by atoms with Gasteiger partial charge in [0.15, 0.2) is 5.79 Å². The SMILES string of the molecule is CCOC(=O)CC1O[C@H](CO)[C@H]2OC(C)(C)O[C@@H]12. The number of ether oxygens (including phenoxy) is 4. The van der Waals surface area contributed by atoms with Gasteiger partial charge < -0.3 is 24.1 Å². The maximum absolute atomic E-state index is 11.5. The molecule has 0 aromatic carbocycles. The largest absolute Gasteiger partial charge is 0.466 e. The van der Waals surface area contributed by atoms with Crippen LogP contribution in [0.4, 0.5) is 0 Å². The Morgan fingerprint density at radius 1 is 1.28 bits per heavy atom. The molecular weight excluding hydrogens is 240 g/mol. The van der Waals surface area contributed by atoms with Crippen molar-refractivity contribution in [3.63, 3.8) is 0 Å². The van der Waals surface area contributed by atoms with Crippen LogP contribution in [0.1, 0.15) is 27.2 Å². The van der Waals surface area contributed by atoms with E-state index in [0.717, 1.165) is 0 Å². The number of rotatable bonds is 4. The van der Waals surface area contributed by atoms with Crippen molar-refractivity contribution in [2.45, 2.75) is 57.4 Å². The van der Waals surface area contributed by atoms with Crippen LogP contribution in [0.3, 0.4) is 0 Å². The van der Waals surface area contributed by atoms with Crippen molar-refractivity contribution in [1.29, 1.82) is 0 Å². The zero-order chi connectivity index (χ0) is 13.3. The van der Waals surface area contributed by atoms with Gasteiger partial charge in [-0.05, 0) is 20.8 Å². The molecule has 2 rings (SSSR count). The van der Waals surface area contributed by atoms with E-state index in [-0.39, 0.29) is 31.2 Å². The van der Waals surface area contributed by atoms with Crippen molar-refractivity contribution in [1.82, 2.24) is 0 Å². The molecule has 0 radical (unpaired) electrons. The first-order chi connectivity index (χ1) is 8.46. The van der Waals surface area contributed by atoms with Crippen LogP contribution in [-0.4, -0.2) is 54.5 Å². The van der Waals surface area contributed by atoms with Gasteiger partial charge in [0.25, 0.3) is 0 Å². The molecule has 0 saturated carbocycles. The van der Waals surface area contributed by atoms with E-state index in [2.05, 4.69) is 0 Å². The Balaban J connectivity index is 2.02. The molecule has 2 saturated heterocycles. The van der Waals surface area contributed by atoms with Crippen LogP contribution in [0.5, 0.6) is 0 Å². The summed E-state index contributed by atoms with van der Waals surface area (Å²) in [6.07, 6.45) is -1.42. The smallest absolute Gasteiger partial charge is 0.308 e. The summed E-state index contributed by atoms with van der Waals surface area (Å²) in [7, 11) is 0. The van der Waals surface area contributed by atoms with Crippen LogP contribution >= 0.6 is 0 Å². The van der Waals surface area contributed by atoms with E-state index in [0.29, 0.717) is 6.61 Å². The van der Waals surface area contributed by atoms with Crippen molar-refractivity contribution >= 4 is 5.97 Å². The molecule has 6 nitrogen and oxygen atoms in total. The summed E-state index contributed by atoms with van der Waals surface area (Å²) < 4.78 is 21.9. The Morgan fingerprint density at radius 3 is 2.44 bits per heavy atom. The molecule has 4 atom stereocenters. The first-order valence-corrected chi connectivity index (χ1v) is 6.24. The fourth-order valence-electron chi connectivity index (χ4n) is 2.47. The molecule has 0 aliphatic carbocycles. The summed E-state index contributed by atoms with van der Waals surface area (Å²) in [5.41, 5.74) is 0. The van der Waals surface area contributed by atoms with Crippen LogP contribution < -0.4 is 0 Å². The second kappa shape index (κ2) is 5.13. The van der Waals surface area contributed by atoms with Crippen molar-refractivity contribution in [3.8, 4) is 0 Å². The molecule has 1 N–H and O–H groups in total. The van der Waals surface area contributed by atoms with Crippen molar-refractivity contribution in [2.24, 2.45) is 0 Å². The van der Waals surface area contributed by atoms with E-state index in [9.17, 15) is 9.90 Å². The molecular formula is C12H20O6. The predicted molar refractivity (Wildman–Crippen MR) is 60.8 cm³/mol. The zero-order valence-corrected chi connectivity index (χ0v) is 10.9. The van der Waals surface area contributed by atoms with Gasteiger partial charge in [-0.2, -0.15) is 0 Å². The maximum Gasteiger partial charge on any atom is 0.308 e. The van der Waals surface area contributed by atoms with Gasteiger partial charge in [-0.1, -0.05) is 0 Å². The molecule has 0 aromatic rings. The summed E-state index contributed by atoms with van der Waals surface area (Å²) in [5, 5.41) is 9.26. The van der Waals surface area contributed by atoms with Crippen LogP contribution in [0, 0.1) is 0 Å². The average molecular weight is 260 g/mol. The Labute approximate surface area is 106 Å². The fourth-order valence-corrected chi connectivity index (χ4v) is 2.47. The molecule has 18 heavy (non-hydrogen) atoms. The highest BCUT2D eigenvalue weighted by atomic mass is 16.8. The Morgan fingerprint density at radius 2 is 1.89 bits per heavy atom. The molecule has 0 bridgehead atoms. The number of hydrogen-bond acceptors (Lipinski definition) is 6. The Kier molecular flexibility index (Phi) is 3.91. The lowest BCUT2D eigenvalue weighted by Gasteiger charge is -2.23. The summed E-state index contributed by atoms with van der Waals surface area (Å²) in [6, 6.07) is 0. The molecule has 2 aliphatic rings. The molecule has 6 heteroatoms. The normalized spacial score (nSPS) is 37.6. The van der Waals surface area contributed by atoms with Gasteiger partial charge in [0.05, 0.1) is 25.7 Å². The summed E-state index contributed by atoms with van der Waals surface area (Å²) in [4.78, 5) is 11.5. The third kappa shape index (κ3) is 2.66. The number of carbonyl (C=O) groups excluding carboxylic acids is 1. The lowest BCUT2D eigenvalue weighted by atomic mass is 10.1. The number of hydrogen-bond donors (Lipinski definition) is 1. The van der Waals surface area contributed by atoms with Gasteiger partial charge in [-0.3, -0.25) is 4.79 Å². The molecule has 0 aromatic heterocycles. The first kappa shape index (κ1) is 13.7. The highest BCUT2D eigenvalue weighted by molar-refractivity contribution is 5.70. The quantitative estimate of drug-likeness (QED) is 0.729. The average Bonchev–Trinajstić information content (AvgIpc) is 2.74. The lowest BCUT2D eigenvalue weighted by Crippen LogP contribution is -2.32. The highest BCUT2D eigenvalue weighted by Gasteiger charge is 2.55. The van der Waals surface area contributed by atoms with Crippen LogP contribution in [0.2, 0.25) is 0 Å². The Hall–Kier alpha value is -0.690. The van der Waals surface area contributed by atoms with Gasteiger partial charge in [-0.25, -0.2) is 0 Å². The molecule has 0 spiro atoms. The van der Waals surface area contributed by atoms with Gasteiger partial charge >= 0.3 is 5.97 Å². The van der Waals surface area contributed by atoms with E-state index < -0.39 is 18.0 Å². The van der Waals surface area contributed by atoms with E-state index in [1.165, 1.54) is 0 Å². The molecule has 1 unspecified atom stereocenters. The number of carbonyl (C=O) groups is 1. The molecule has 0 amide bonds. The highest BCUT2D eigenvalue weighted by Crippen LogP contribution is 2.39. The van der Waals surface area contributed by atoms with E-state index in [4.69, 9.17) is 18.9 Å². The first-order valence-electron chi connectivity index (χ1n) is 6.24. The number of aliphatic hydroxyl groups excluding tert-OH is 1. The van der Waals surface area contributed by atoms with Crippen molar-refractivity contribution in [3.05, 3.63) is 0 Å². The maximum atomic E-state index is 11.5. The van der Waals surface area contributed by atoms with Crippen LogP contribution in [-0.2, 0) is 23.7 Å². The number of esters is 1. The second-order valence-corrected chi connectivity index (χ2v) is 4.97. The standard InChI is InChI=1S/C12H20O6/c1-4-15-9(14)5-7-10-11(8(6-13)16-7)18-12(2,3)17-10/h7-8,10-11,13H,4-6H2,1-3H3/t7?,8-,10+,11-/m1/s1. The Bertz CT molecular complexity index is 316. The third-order valence-electron chi connectivity index (χ3n) is 3.10. The second-order valence-electron chi connectivity index (χ2n) is 4.97. The molecule has 104 valence electrons. The van der Waals surface area contributed by atoms with Crippen molar-refractivity contribution in [2.75, 3.05) is 13.2 Å². The van der Waals surface area contributed by atoms with Gasteiger partial charge in [0.1, 0.15) is 18.3 Å². The van der Waals surface area contributed by atoms with Crippen molar-refractivity contribution < 1.29 is 28.8 Å². The minimum Gasteiger partial charge on any atom is -0.466 e. The fraction of sp³-hybridized carbons (Fsp3) is 0.917. The third-order valence-corrected chi connectivity index (χ3v) is 3.10. The lowest BCUT2D eigenvalue weighted by molar-refractivity contribution is -0.193. The van der Waals surface area contributed by atoms with Crippen LogP contribution in [0.25, 0.3) is 0 Å². The monoisotopic (exact) mass is 260 g/mol. The number of fused-ring (bicyclic) bond motifs is 1. The van der Waals surface area contributed by atoms with Crippen LogP contribution in [0.15, 0.2) is 0 Å².